The smallest absolute Gasteiger partial charge is 0.250 e. The molecule has 0 radical (unpaired) electrons. The average Bonchev–Trinajstić information content (AvgIpc) is 2.79. The van der Waals surface area contributed by atoms with E-state index in [1.165, 1.54) is 15.3 Å². The highest BCUT2D eigenvalue weighted by atomic mass is 127. The van der Waals surface area contributed by atoms with Crippen molar-refractivity contribution < 1.29 is 14.3 Å². The van der Waals surface area contributed by atoms with Crippen molar-refractivity contribution in [3.05, 3.63) is 84.9 Å². The normalized spacial score (nSPS) is 10.9. The molecule has 172 valence electrons. The van der Waals surface area contributed by atoms with Gasteiger partial charge in [-0.2, -0.15) is 5.10 Å². The highest BCUT2D eigenvalue weighted by Crippen LogP contribution is 2.37. The molecule has 0 atom stereocenters. The standard InChI is InChI=1S/C24H21BrClIN2O3S/c1-2-31-22-12-17(11-21(25)24(22)32-14-16-3-7-19(27)8-4-16)13-28-29-23(30)15-33-20-9-5-18(26)6-10-20/h3-13H,2,14-15H2,1H3,(H,29,30)/b28-13-. The number of amides is 1. The summed E-state index contributed by atoms with van der Waals surface area (Å²) in [7, 11) is 0. The van der Waals surface area contributed by atoms with Crippen LogP contribution in [0.5, 0.6) is 11.5 Å². The van der Waals surface area contributed by atoms with Crippen molar-refractivity contribution in [2.75, 3.05) is 12.4 Å². The van der Waals surface area contributed by atoms with Gasteiger partial charge in [0.1, 0.15) is 6.61 Å². The number of thioether (sulfide) groups is 1. The Morgan fingerprint density at radius 1 is 1.15 bits per heavy atom. The van der Waals surface area contributed by atoms with E-state index in [1.807, 2.05) is 55.5 Å². The van der Waals surface area contributed by atoms with Gasteiger partial charge in [-0.3, -0.25) is 4.79 Å². The van der Waals surface area contributed by atoms with Crippen molar-refractivity contribution >= 4 is 74.0 Å². The fourth-order valence-corrected chi connectivity index (χ4v) is 4.44. The Kier molecular flexibility index (Phi) is 10.4. The molecular formula is C24H21BrClIN2O3S. The Bertz CT molecular complexity index is 1110. The van der Waals surface area contributed by atoms with Crippen molar-refractivity contribution in [1.82, 2.24) is 5.43 Å². The zero-order chi connectivity index (χ0) is 23.6. The topological polar surface area (TPSA) is 59.9 Å². The first kappa shape index (κ1) is 25.9. The van der Waals surface area contributed by atoms with Crippen molar-refractivity contribution in [2.24, 2.45) is 5.10 Å². The zero-order valence-electron chi connectivity index (χ0n) is 17.7. The molecular weight excluding hydrogens is 639 g/mol. The Morgan fingerprint density at radius 2 is 1.88 bits per heavy atom. The van der Waals surface area contributed by atoms with Crippen LogP contribution in [0, 0.1) is 3.57 Å². The van der Waals surface area contributed by atoms with Gasteiger partial charge in [0.25, 0.3) is 0 Å². The number of rotatable bonds is 10. The predicted molar refractivity (Wildman–Crippen MR) is 147 cm³/mol. The van der Waals surface area contributed by atoms with Gasteiger partial charge >= 0.3 is 0 Å². The summed E-state index contributed by atoms with van der Waals surface area (Å²) in [5.74, 6) is 1.27. The number of halogens is 3. The molecule has 9 heteroatoms. The van der Waals surface area contributed by atoms with E-state index in [9.17, 15) is 4.79 Å². The average molecular weight is 660 g/mol. The fraction of sp³-hybridized carbons (Fsp3) is 0.167. The third-order valence-corrected chi connectivity index (χ3v) is 6.79. The van der Waals surface area contributed by atoms with Crippen LogP contribution in [0.3, 0.4) is 0 Å². The lowest BCUT2D eigenvalue weighted by Gasteiger charge is -2.14. The Labute approximate surface area is 224 Å². The summed E-state index contributed by atoms with van der Waals surface area (Å²) < 4.78 is 13.7. The summed E-state index contributed by atoms with van der Waals surface area (Å²) in [4.78, 5) is 13.0. The number of benzene rings is 3. The predicted octanol–water partition coefficient (Wildman–Crippen LogP) is 6.93. The molecule has 0 unspecified atom stereocenters. The van der Waals surface area contributed by atoms with Crippen LogP contribution in [-0.2, 0) is 11.4 Å². The van der Waals surface area contributed by atoms with Crippen LogP contribution in [0.2, 0.25) is 5.02 Å². The van der Waals surface area contributed by atoms with Crippen molar-refractivity contribution in [3.8, 4) is 11.5 Å². The minimum atomic E-state index is -0.201. The summed E-state index contributed by atoms with van der Waals surface area (Å²) in [5.41, 5.74) is 4.37. The molecule has 0 aliphatic carbocycles. The molecule has 33 heavy (non-hydrogen) atoms. The van der Waals surface area contributed by atoms with Crippen molar-refractivity contribution in [3.63, 3.8) is 0 Å². The Balaban J connectivity index is 1.60. The third kappa shape index (κ3) is 8.51. The maximum Gasteiger partial charge on any atom is 0.250 e. The van der Waals surface area contributed by atoms with Crippen molar-refractivity contribution in [1.29, 1.82) is 0 Å². The molecule has 0 saturated carbocycles. The van der Waals surface area contributed by atoms with Gasteiger partial charge < -0.3 is 9.47 Å². The minimum Gasteiger partial charge on any atom is -0.490 e. The van der Waals surface area contributed by atoms with E-state index >= 15 is 0 Å². The quantitative estimate of drug-likeness (QED) is 0.111. The van der Waals surface area contributed by atoms with Crippen LogP contribution < -0.4 is 14.9 Å². The van der Waals surface area contributed by atoms with Crippen LogP contribution in [0.15, 0.2) is 75.1 Å². The molecule has 5 nitrogen and oxygen atoms in total. The largest absolute Gasteiger partial charge is 0.490 e. The van der Waals surface area contributed by atoms with Crippen LogP contribution >= 0.6 is 61.9 Å². The van der Waals surface area contributed by atoms with Gasteiger partial charge in [0.05, 0.1) is 23.0 Å². The molecule has 0 spiro atoms. The highest BCUT2D eigenvalue weighted by Gasteiger charge is 2.12. The molecule has 3 aromatic carbocycles. The van der Waals surface area contributed by atoms with E-state index in [0.29, 0.717) is 29.7 Å². The molecule has 1 amide bonds. The first-order valence-corrected chi connectivity index (χ1v) is 13.2. The third-order valence-electron chi connectivity index (χ3n) is 4.21. The number of hydrazone groups is 1. The SMILES string of the molecule is CCOc1cc(/C=N\NC(=O)CSc2ccc(Cl)cc2)cc(Br)c1OCc1ccc(I)cc1. The Morgan fingerprint density at radius 3 is 2.58 bits per heavy atom. The van der Waals surface area contributed by atoms with Crippen LogP contribution in [0.4, 0.5) is 0 Å². The maximum absolute atomic E-state index is 12.1. The van der Waals surface area contributed by atoms with Gasteiger partial charge in [0.2, 0.25) is 5.91 Å². The molecule has 0 bridgehead atoms. The second-order valence-electron chi connectivity index (χ2n) is 6.71. The molecule has 0 saturated heterocycles. The number of ether oxygens (including phenoxy) is 2. The lowest BCUT2D eigenvalue weighted by molar-refractivity contribution is -0.118. The second kappa shape index (κ2) is 13.2. The lowest BCUT2D eigenvalue weighted by atomic mass is 10.2. The number of carbonyl (C=O) groups excluding carboxylic acids is 1. The molecule has 0 heterocycles. The van der Waals surface area contributed by atoms with Gasteiger partial charge in [-0.25, -0.2) is 5.43 Å². The van der Waals surface area contributed by atoms with Gasteiger partial charge in [-0.05, 0) is 105 Å². The maximum atomic E-state index is 12.1. The van der Waals surface area contributed by atoms with E-state index in [1.54, 1.807) is 18.3 Å². The summed E-state index contributed by atoms with van der Waals surface area (Å²) in [6.07, 6.45) is 1.57. The highest BCUT2D eigenvalue weighted by molar-refractivity contribution is 14.1. The summed E-state index contributed by atoms with van der Waals surface area (Å²) in [6.45, 7) is 2.83. The number of hydrogen-bond donors (Lipinski definition) is 1. The van der Waals surface area contributed by atoms with Crippen LogP contribution in [-0.4, -0.2) is 24.5 Å². The molecule has 0 aromatic heterocycles. The van der Waals surface area contributed by atoms with Gasteiger partial charge in [-0.1, -0.05) is 23.7 Å². The Hall–Kier alpha value is -1.75. The number of nitrogens with one attached hydrogen (secondary N) is 1. The van der Waals surface area contributed by atoms with E-state index in [-0.39, 0.29) is 11.7 Å². The van der Waals surface area contributed by atoms with E-state index in [4.69, 9.17) is 21.1 Å². The summed E-state index contributed by atoms with van der Waals surface area (Å²) in [5, 5.41) is 4.73. The molecule has 0 aliphatic heterocycles. The van der Waals surface area contributed by atoms with E-state index < -0.39 is 0 Å². The number of hydrogen-bond acceptors (Lipinski definition) is 5. The molecule has 0 aliphatic rings. The lowest BCUT2D eigenvalue weighted by Crippen LogP contribution is -2.19. The fourth-order valence-electron chi connectivity index (χ4n) is 2.69. The zero-order valence-corrected chi connectivity index (χ0v) is 23.0. The monoisotopic (exact) mass is 658 g/mol. The molecule has 0 fully saturated rings. The first-order valence-electron chi connectivity index (χ1n) is 9.98. The van der Waals surface area contributed by atoms with Gasteiger partial charge in [0.15, 0.2) is 11.5 Å². The van der Waals surface area contributed by atoms with Gasteiger partial charge in [-0.15, -0.1) is 11.8 Å². The van der Waals surface area contributed by atoms with E-state index in [0.717, 1.165) is 20.5 Å². The molecule has 3 rings (SSSR count). The summed E-state index contributed by atoms with van der Waals surface area (Å²) in [6, 6.07) is 19.2. The van der Waals surface area contributed by atoms with Crippen LogP contribution in [0.25, 0.3) is 0 Å². The summed E-state index contributed by atoms with van der Waals surface area (Å²) >= 11 is 13.1. The molecule has 3 aromatic rings. The first-order chi connectivity index (χ1) is 15.9. The van der Waals surface area contributed by atoms with Gasteiger partial charge in [0, 0.05) is 13.5 Å². The van der Waals surface area contributed by atoms with Crippen molar-refractivity contribution in [2.45, 2.75) is 18.4 Å². The second-order valence-corrected chi connectivity index (χ2v) is 10.3. The van der Waals surface area contributed by atoms with E-state index in [2.05, 4.69) is 49.0 Å². The number of carbonyl (C=O) groups is 1. The number of nitrogens with zero attached hydrogens (tertiary/aromatic N) is 1. The van der Waals surface area contributed by atoms with Crippen LogP contribution in [0.1, 0.15) is 18.1 Å². The molecule has 1 N–H and O–H groups in total. The minimum absolute atomic E-state index is 0.201.